The van der Waals surface area contributed by atoms with Crippen molar-refractivity contribution in [3.8, 4) is 11.5 Å². The van der Waals surface area contributed by atoms with Gasteiger partial charge in [-0.15, -0.1) is 0 Å². The lowest BCUT2D eigenvalue weighted by molar-refractivity contribution is -0.120. The van der Waals surface area contributed by atoms with E-state index in [1.807, 2.05) is 18.2 Å². The molecule has 1 aromatic rings. The zero-order chi connectivity index (χ0) is 13.4. The largest absolute Gasteiger partial charge is 0.497 e. The van der Waals surface area contributed by atoms with Crippen LogP contribution in [0.15, 0.2) is 18.2 Å². The molecule has 19 heavy (non-hydrogen) atoms. The monoisotopic (exact) mass is 261 g/mol. The van der Waals surface area contributed by atoms with E-state index in [-0.39, 0.29) is 0 Å². The van der Waals surface area contributed by atoms with Gasteiger partial charge in [-0.3, -0.25) is 4.79 Å². The van der Waals surface area contributed by atoms with E-state index in [1.54, 1.807) is 14.2 Å². The van der Waals surface area contributed by atoms with E-state index in [0.717, 1.165) is 30.0 Å². The van der Waals surface area contributed by atoms with Crippen LogP contribution in [0.1, 0.15) is 25.7 Å². The molecule has 0 spiro atoms. The second-order valence-corrected chi connectivity index (χ2v) is 5.31. The summed E-state index contributed by atoms with van der Waals surface area (Å²) in [4.78, 5) is 14.1. The van der Waals surface area contributed by atoms with Gasteiger partial charge in [0.25, 0.3) is 0 Å². The summed E-state index contributed by atoms with van der Waals surface area (Å²) in [6.45, 7) is 0. The average molecular weight is 261 g/mol. The molecule has 2 unspecified atom stereocenters. The molecule has 2 fully saturated rings. The van der Waals surface area contributed by atoms with Crippen LogP contribution in [0.4, 0.5) is 5.69 Å². The number of hydrogen-bond acceptors (Lipinski definition) is 4. The molecule has 4 heteroatoms. The van der Waals surface area contributed by atoms with Gasteiger partial charge < -0.3 is 14.4 Å². The van der Waals surface area contributed by atoms with Gasteiger partial charge in [0.05, 0.1) is 14.2 Å². The Kier molecular flexibility index (Phi) is 3.09. The predicted octanol–water partition coefficient (Wildman–Crippen LogP) is 2.40. The van der Waals surface area contributed by atoms with Gasteiger partial charge >= 0.3 is 0 Å². The summed E-state index contributed by atoms with van der Waals surface area (Å²) in [6.07, 6.45) is 3.57. The smallest absolute Gasteiger partial charge is 0.137 e. The zero-order valence-electron chi connectivity index (χ0n) is 11.4. The number of anilines is 1. The average Bonchev–Trinajstić information content (AvgIpc) is 2.70. The second-order valence-electron chi connectivity index (χ2n) is 5.31. The minimum absolute atomic E-state index is 0.350. The molecule has 2 bridgehead atoms. The highest BCUT2D eigenvalue weighted by molar-refractivity contribution is 5.83. The number of ketones is 1. The fourth-order valence-electron chi connectivity index (χ4n) is 3.33. The minimum Gasteiger partial charge on any atom is -0.497 e. The van der Waals surface area contributed by atoms with Crippen molar-refractivity contribution < 1.29 is 14.3 Å². The van der Waals surface area contributed by atoms with Crippen LogP contribution in [-0.2, 0) is 4.79 Å². The number of rotatable bonds is 3. The summed E-state index contributed by atoms with van der Waals surface area (Å²) in [7, 11) is 3.32. The molecular formula is C15H19NO3. The molecule has 2 atom stereocenters. The molecule has 1 aromatic carbocycles. The Morgan fingerprint density at radius 3 is 2.00 bits per heavy atom. The van der Waals surface area contributed by atoms with E-state index in [9.17, 15) is 4.79 Å². The van der Waals surface area contributed by atoms with Crippen molar-refractivity contribution in [2.24, 2.45) is 0 Å². The number of piperidine rings is 1. The van der Waals surface area contributed by atoms with E-state index >= 15 is 0 Å². The highest BCUT2D eigenvalue weighted by Crippen LogP contribution is 2.40. The first kappa shape index (κ1) is 12.3. The highest BCUT2D eigenvalue weighted by Gasteiger charge is 2.40. The first-order valence-corrected chi connectivity index (χ1v) is 6.74. The fraction of sp³-hybridized carbons (Fsp3) is 0.533. The van der Waals surface area contributed by atoms with Crippen molar-refractivity contribution in [3.05, 3.63) is 18.2 Å². The Morgan fingerprint density at radius 2 is 1.53 bits per heavy atom. The molecule has 0 aliphatic carbocycles. The van der Waals surface area contributed by atoms with Crippen LogP contribution in [0.5, 0.6) is 11.5 Å². The first-order valence-electron chi connectivity index (χ1n) is 6.74. The maximum absolute atomic E-state index is 11.7. The molecule has 102 valence electrons. The van der Waals surface area contributed by atoms with Crippen LogP contribution in [0, 0.1) is 0 Å². The molecule has 2 heterocycles. The molecule has 0 aromatic heterocycles. The number of ether oxygens (including phenoxy) is 2. The van der Waals surface area contributed by atoms with Gasteiger partial charge in [-0.05, 0) is 12.8 Å². The van der Waals surface area contributed by atoms with E-state index in [1.165, 1.54) is 0 Å². The molecule has 0 saturated carbocycles. The highest BCUT2D eigenvalue weighted by atomic mass is 16.5. The Bertz CT molecular complexity index is 462. The summed E-state index contributed by atoms with van der Waals surface area (Å²) in [6, 6.07) is 6.64. The Labute approximate surface area is 113 Å². The number of Topliss-reactive ketones (excluding diaryl/α,β-unsaturated/α-hetero) is 1. The number of carbonyl (C=O) groups excluding carboxylic acids is 1. The molecule has 2 saturated heterocycles. The van der Waals surface area contributed by atoms with Gasteiger partial charge in [0, 0.05) is 48.8 Å². The lowest BCUT2D eigenvalue weighted by Crippen LogP contribution is -2.43. The SMILES string of the molecule is COc1cc(OC)cc(N2C3CCC2CC(=O)C3)c1. The quantitative estimate of drug-likeness (QED) is 0.837. The van der Waals surface area contributed by atoms with Crippen LogP contribution < -0.4 is 14.4 Å². The maximum atomic E-state index is 11.7. The number of benzene rings is 1. The van der Waals surface area contributed by atoms with Crippen molar-refractivity contribution in [2.45, 2.75) is 37.8 Å². The zero-order valence-corrected chi connectivity index (χ0v) is 11.4. The van der Waals surface area contributed by atoms with Crippen molar-refractivity contribution in [3.63, 3.8) is 0 Å². The molecule has 0 radical (unpaired) electrons. The van der Waals surface area contributed by atoms with Crippen LogP contribution in [0.2, 0.25) is 0 Å². The Hall–Kier alpha value is -1.71. The molecule has 3 rings (SSSR count). The fourth-order valence-corrected chi connectivity index (χ4v) is 3.33. The van der Waals surface area contributed by atoms with Crippen molar-refractivity contribution in [1.29, 1.82) is 0 Å². The Morgan fingerprint density at radius 1 is 1.00 bits per heavy atom. The normalized spacial score (nSPS) is 25.6. The van der Waals surface area contributed by atoms with Crippen LogP contribution >= 0.6 is 0 Å². The van der Waals surface area contributed by atoms with Gasteiger partial charge in [-0.1, -0.05) is 0 Å². The molecule has 4 nitrogen and oxygen atoms in total. The summed E-state index contributed by atoms with van der Waals surface area (Å²) >= 11 is 0. The predicted molar refractivity (Wildman–Crippen MR) is 73.1 cm³/mol. The van der Waals surface area contributed by atoms with E-state index in [0.29, 0.717) is 30.7 Å². The molecule has 2 aliphatic rings. The second kappa shape index (κ2) is 4.76. The van der Waals surface area contributed by atoms with Gasteiger partial charge in [-0.25, -0.2) is 0 Å². The number of nitrogens with zero attached hydrogens (tertiary/aromatic N) is 1. The summed E-state index contributed by atoms with van der Waals surface area (Å²) in [5.41, 5.74) is 1.11. The van der Waals surface area contributed by atoms with Crippen LogP contribution in [0.25, 0.3) is 0 Å². The molecular weight excluding hydrogens is 242 g/mol. The lowest BCUT2D eigenvalue weighted by atomic mass is 10.0. The van der Waals surface area contributed by atoms with Gasteiger partial charge in [0.1, 0.15) is 17.3 Å². The summed E-state index contributed by atoms with van der Waals surface area (Å²) in [5, 5.41) is 0. The first-order chi connectivity index (χ1) is 9.21. The third-order valence-corrected chi connectivity index (χ3v) is 4.18. The van der Waals surface area contributed by atoms with E-state index in [2.05, 4.69) is 4.90 Å². The molecule has 2 aliphatic heterocycles. The number of hydrogen-bond donors (Lipinski definition) is 0. The minimum atomic E-state index is 0.350. The van der Waals surface area contributed by atoms with Gasteiger partial charge in [0.15, 0.2) is 0 Å². The van der Waals surface area contributed by atoms with Crippen LogP contribution in [-0.4, -0.2) is 32.1 Å². The van der Waals surface area contributed by atoms with Crippen molar-refractivity contribution >= 4 is 11.5 Å². The molecule has 0 N–H and O–H groups in total. The maximum Gasteiger partial charge on any atom is 0.137 e. The topological polar surface area (TPSA) is 38.8 Å². The van der Waals surface area contributed by atoms with Gasteiger partial charge in [-0.2, -0.15) is 0 Å². The van der Waals surface area contributed by atoms with Crippen molar-refractivity contribution in [1.82, 2.24) is 0 Å². The lowest BCUT2D eigenvalue weighted by Gasteiger charge is -2.36. The number of fused-ring (bicyclic) bond motifs is 2. The van der Waals surface area contributed by atoms with E-state index < -0.39 is 0 Å². The standard InChI is InChI=1S/C15H19NO3/c1-18-14-7-12(8-15(9-14)19-2)16-10-3-4-11(16)6-13(17)5-10/h7-11H,3-6H2,1-2H3. The van der Waals surface area contributed by atoms with E-state index in [4.69, 9.17) is 9.47 Å². The number of carbonyl (C=O) groups is 1. The number of methoxy groups -OCH3 is 2. The van der Waals surface area contributed by atoms with Crippen molar-refractivity contribution in [2.75, 3.05) is 19.1 Å². The van der Waals surface area contributed by atoms with Crippen LogP contribution in [0.3, 0.4) is 0 Å². The third kappa shape index (κ3) is 2.15. The molecule has 0 amide bonds. The van der Waals surface area contributed by atoms with Gasteiger partial charge in [0.2, 0.25) is 0 Å². The summed E-state index contributed by atoms with van der Waals surface area (Å²) < 4.78 is 10.7. The third-order valence-electron chi connectivity index (χ3n) is 4.18. The Balaban J connectivity index is 1.96. The summed E-state index contributed by atoms with van der Waals surface area (Å²) in [5.74, 6) is 2.00.